The quantitative estimate of drug-likeness (QED) is 0.853. The van der Waals surface area contributed by atoms with Gasteiger partial charge in [0.1, 0.15) is 0 Å². The first-order valence-electron chi connectivity index (χ1n) is 8.14. The number of aromatic nitrogens is 2. The van der Waals surface area contributed by atoms with Gasteiger partial charge in [0.25, 0.3) is 0 Å². The molecular weight excluding hydrogens is 302 g/mol. The highest BCUT2D eigenvalue weighted by Gasteiger charge is 2.30. The molecule has 0 spiro atoms. The Kier molecular flexibility index (Phi) is 5.89. The second-order valence-electron chi connectivity index (χ2n) is 5.83. The highest BCUT2D eigenvalue weighted by molar-refractivity contribution is 8.06. The summed E-state index contributed by atoms with van der Waals surface area (Å²) in [4.78, 5) is 4.78. The van der Waals surface area contributed by atoms with Crippen LogP contribution in [0.25, 0.3) is 0 Å². The summed E-state index contributed by atoms with van der Waals surface area (Å²) in [6, 6.07) is 0.499. The Bertz CT molecular complexity index is 434. The van der Waals surface area contributed by atoms with E-state index in [-0.39, 0.29) is 0 Å². The molecule has 118 valence electrons. The molecule has 3 atom stereocenters. The van der Waals surface area contributed by atoms with Gasteiger partial charge in [0, 0.05) is 23.3 Å². The van der Waals surface area contributed by atoms with E-state index < -0.39 is 0 Å². The van der Waals surface area contributed by atoms with Crippen molar-refractivity contribution < 1.29 is 4.52 Å². The maximum atomic E-state index is 5.67. The van der Waals surface area contributed by atoms with Gasteiger partial charge in [-0.15, -0.1) is 11.8 Å². The molecule has 6 heteroatoms. The maximum absolute atomic E-state index is 5.67. The summed E-state index contributed by atoms with van der Waals surface area (Å²) in [5.41, 5.74) is 0. The lowest BCUT2D eigenvalue weighted by atomic mass is 9.94. The van der Waals surface area contributed by atoms with Crippen molar-refractivity contribution in [2.45, 2.75) is 56.2 Å². The van der Waals surface area contributed by atoms with Crippen molar-refractivity contribution in [3.63, 3.8) is 0 Å². The standard InChI is InChI=1S/C15H25N3OS2/c1-2-16-12-7-5-3-4-6-11(12)15-17-14(18-19-15)13-10-20-8-9-21-13/h11-13,16H,2-10H2,1H3. The topological polar surface area (TPSA) is 51.0 Å². The third kappa shape index (κ3) is 3.96. The van der Waals surface area contributed by atoms with Gasteiger partial charge in [0.2, 0.25) is 5.89 Å². The van der Waals surface area contributed by atoms with Crippen LogP contribution in [0.1, 0.15) is 61.9 Å². The molecule has 1 saturated heterocycles. The third-order valence-corrected chi connectivity index (χ3v) is 7.11. The molecule has 1 aliphatic carbocycles. The number of likely N-dealkylation sites (N-methyl/N-ethyl adjacent to an activating group) is 1. The molecule has 0 bridgehead atoms. The fraction of sp³-hybridized carbons (Fsp3) is 0.867. The van der Waals surface area contributed by atoms with Crippen LogP contribution in [0.3, 0.4) is 0 Å². The lowest BCUT2D eigenvalue weighted by Gasteiger charge is -2.22. The molecule has 0 aromatic carbocycles. The molecule has 2 aliphatic rings. The lowest BCUT2D eigenvalue weighted by Crippen LogP contribution is -2.34. The number of rotatable bonds is 4. The van der Waals surface area contributed by atoms with E-state index in [0.29, 0.717) is 17.2 Å². The van der Waals surface area contributed by atoms with E-state index in [0.717, 1.165) is 24.0 Å². The normalized spacial score (nSPS) is 31.0. The van der Waals surface area contributed by atoms with E-state index in [1.165, 1.54) is 43.6 Å². The number of thioether (sulfide) groups is 2. The number of nitrogens with one attached hydrogen (secondary N) is 1. The monoisotopic (exact) mass is 327 g/mol. The molecule has 1 N–H and O–H groups in total. The molecule has 0 radical (unpaired) electrons. The summed E-state index contributed by atoms with van der Waals surface area (Å²) in [6.07, 6.45) is 6.31. The van der Waals surface area contributed by atoms with Gasteiger partial charge in [-0.25, -0.2) is 0 Å². The third-order valence-electron chi connectivity index (χ3n) is 4.36. The van der Waals surface area contributed by atoms with Crippen molar-refractivity contribution in [3.05, 3.63) is 11.7 Å². The molecular formula is C15H25N3OS2. The van der Waals surface area contributed by atoms with Crippen molar-refractivity contribution >= 4 is 23.5 Å². The predicted octanol–water partition coefficient (Wildman–Crippen LogP) is 3.62. The number of nitrogens with zero attached hydrogens (tertiary/aromatic N) is 2. The zero-order valence-corrected chi connectivity index (χ0v) is 14.3. The van der Waals surface area contributed by atoms with Crippen LogP contribution >= 0.6 is 23.5 Å². The summed E-state index contributed by atoms with van der Waals surface area (Å²) in [5, 5.41) is 8.34. The Labute approximate surface area is 135 Å². The molecule has 2 heterocycles. The summed E-state index contributed by atoms with van der Waals surface area (Å²) in [6.45, 7) is 3.19. The van der Waals surface area contributed by atoms with E-state index >= 15 is 0 Å². The van der Waals surface area contributed by atoms with Crippen LogP contribution in [0.15, 0.2) is 4.52 Å². The Morgan fingerprint density at radius 1 is 1.24 bits per heavy atom. The first-order chi connectivity index (χ1) is 10.4. The van der Waals surface area contributed by atoms with Gasteiger partial charge < -0.3 is 9.84 Å². The van der Waals surface area contributed by atoms with Gasteiger partial charge in [0.05, 0.1) is 11.2 Å². The Balaban J connectivity index is 1.72. The first kappa shape index (κ1) is 15.7. The van der Waals surface area contributed by atoms with Crippen molar-refractivity contribution in [1.82, 2.24) is 15.5 Å². The first-order valence-corrected chi connectivity index (χ1v) is 10.3. The molecule has 21 heavy (non-hydrogen) atoms. The van der Waals surface area contributed by atoms with Gasteiger partial charge in [-0.1, -0.05) is 31.3 Å². The Hall–Kier alpha value is -0.200. The van der Waals surface area contributed by atoms with Gasteiger partial charge in [-0.2, -0.15) is 16.7 Å². The summed E-state index contributed by atoms with van der Waals surface area (Å²) in [5.74, 6) is 5.75. The fourth-order valence-corrected chi connectivity index (χ4v) is 5.86. The van der Waals surface area contributed by atoms with E-state index in [1.807, 2.05) is 23.5 Å². The lowest BCUT2D eigenvalue weighted by molar-refractivity contribution is 0.304. The zero-order valence-electron chi connectivity index (χ0n) is 12.7. The van der Waals surface area contributed by atoms with Crippen LogP contribution in [-0.2, 0) is 0 Å². The minimum absolute atomic E-state index is 0.398. The van der Waals surface area contributed by atoms with E-state index in [4.69, 9.17) is 9.51 Å². The van der Waals surface area contributed by atoms with E-state index in [9.17, 15) is 0 Å². The zero-order chi connectivity index (χ0) is 14.5. The van der Waals surface area contributed by atoms with Crippen molar-refractivity contribution in [1.29, 1.82) is 0 Å². The van der Waals surface area contributed by atoms with Crippen LogP contribution in [0.4, 0.5) is 0 Å². The van der Waals surface area contributed by atoms with Gasteiger partial charge in [0.15, 0.2) is 5.82 Å². The van der Waals surface area contributed by atoms with Gasteiger partial charge in [-0.3, -0.25) is 0 Å². The molecule has 4 nitrogen and oxygen atoms in total. The largest absolute Gasteiger partial charge is 0.339 e. The minimum atomic E-state index is 0.398. The van der Waals surface area contributed by atoms with Crippen LogP contribution in [0, 0.1) is 0 Å². The van der Waals surface area contributed by atoms with Crippen molar-refractivity contribution in [2.75, 3.05) is 23.8 Å². The highest BCUT2D eigenvalue weighted by Crippen LogP contribution is 2.37. The molecule has 1 aliphatic heterocycles. The average Bonchev–Trinajstić information content (AvgIpc) is 2.90. The highest BCUT2D eigenvalue weighted by atomic mass is 32.2. The van der Waals surface area contributed by atoms with E-state index in [2.05, 4.69) is 17.4 Å². The second-order valence-corrected chi connectivity index (χ2v) is 8.29. The minimum Gasteiger partial charge on any atom is -0.339 e. The molecule has 1 aromatic heterocycles. The number of hydrogen-bond donors (Lipinski definition) is 1. The van der Waals surface area contributed by atoms with Gasteiger partial charge in [-0.05, 0) is 19.4 Å². The van der Waals surface area contributed by atoms with Crippen molar-refractivity contribution in [3.8, 4) is 0 Å². The maximum Gasteiger partial charge on any atom is 0.231 e. The predicted molar refractivity (Wildman–Crippen MR) is 90.1 cm³/mol. The summed E-state index contributed by atoms with van der Waals surface area (Å²) in [7, 11) is 0. The molecule has 3 rings (SSSR count). The molecule has 1 aromatic rings. The molecule has 1 saturated carbocycles. The Morgan fingerprint density at radius 2 is 2.14 bits per heavy atom. The van der Waals surface area contributed by atoms with E-state index in [1.54, 1.807) is 0 Å². The SMILES string of the molecule is CCNC1CCCCCC1c1nc(C2CSCCS2)no1. The second kappa shape index (κ2) is 7.88. The van der Waals surface area contributed by atoms with Crippen molar-refractivity contribution in [2.24, 2.45) is 0 Å². The summed E-state index contributed by atoms with van der Waals surface area (Å²) >= 11 is 3.97. The fourth-order valence-electron chi connectivity index (χ4n) is 3.28. The van der Waals surface area contributed by atoms with Crippen LogP contribution in [0.2, 0.25) is 0 Å². The Morgan fingerprint density at radius 3 is 2.95 bits per heavy atom. The van der Waals surface area contributed by atoms with Crippen LogP contribution in [-0.4, -0.2) is 40.0 Å². The van der Waals surface area contributed by atoms with Crippen LogP contribution in [0.5, 0.6) is 0 Å². The number of hydrogen-bond acceptors (Lipinski definition) is 6. The average molecular weight is 328 g/mol. The van der Waals surface area contributed by atoms with Crippen LogP contribution < -0.4 is 5.32 Å². The molecule has 3 unspecified atom stereocenters. The smallest absolute Gasteiger partial charge is 0.231 e. The molecule has 2 fully saturated rings. The van der Waals surface area contributed by atoms with Gasteiger partial charge >= 0.3 is 0 Å². The summed E-state index contributed by atoms with van der Waals surface area (Å²) < 4.78 is 5.67. The molecule has 0 amide bonds.